The highest BCUT2D eigenvalue weighted by Gasteiger charge is 2.29. The summed E-state index contributed by atoms with van der Waals surface area (Å²) in [5, 5.41) is 9.69. The van der Waals surface area contributed by atoms with E-state index in [9.17, 15) is 14.7 Å². The van der Waals surface area contributed by atoms with Gasteiger partial charge in [-0.1, -0.05) is 36.4 Å². The lowest BCUT2D eigenvalue weighted by Crippen LogP contribution is -2.42. The van der Waals surface area contributed by atoms with E-state index in [0.29, 0.717) is 25.4 Å². The number of carboxylic acids is 1. The molecule has 1 saturated heterocycles. The Hall–Kier alpha value is -3.02. The maximum atomic E-state index is 12.4. The van der Waals surface area contributed by atoms with E-state index in [1.165, 1.54) is 0 Å². The molecule has 0 radical (unpaired) electrons. The average molecular weight is 411 g/mol. The maximum Gasteiger partial charge on any atom is 0.410 e. The summed E-state index contributed by atoms with van der Waals surface area (Å²) in [7, 11) is 0. The number of hydrogen-bond acceptors (Lipinski definition) is 4. The van der Waals surface area contributed by atoms with E-state index in [2.05, 4.69) is 0 Å². The number of benzene rings is 2. The molecule has 1 amide bonds. The molecule has 30 heavy (non-hydrogen) atoms. The highest BCUT2D eigenvalue weighted by Crippen LogP contribution is 2.31. The van der Waals surface area contributed by atoms with Gasteiger partial charge in [0.2, 0.25) is 0 Å². The summed E-state index contributed by atoms with van der Waals surface area (Å²) in [5.41, 5.74) is 1.46. The molecule has 6 nitrogen and oxygen atoms in total. The van der Waals surface area contributed by atoms with E-state index in [4.69, 9.17) is 9.47 Å². The lowest BCUT2D eigenvalue weighted by atomic mass is 9.89. The van der Waals surface area contributed by atoms with E-state index < -0.39 is 11.6 Å². The number of carbonyl (C=O) groups is 2. The number of nitrogens with zero attached hydrogens (tertiary/aromatic N) is 1. The highest BCUT2D eigenvalue weighted by molar-refractivity contribution is 5.91. The van der Waals surface area contributed by atoms with Crippen molar-refractivity contribution in [3.05, 3.63) is 65.2 Å². The molecule has 0 bridgehead atoms. The molecule has 1 fully saturated rings. The smallest absolute Gasteiger partial charge is 0.410 e. The molecule has 160 valence electrons. The summed E-state index contributed by atoms with van der Waals surface area (Å²) < 4.78 is 11.3. The Labute approximate surface area is 177 Å². The summed E-state index contributed by atoms with van der Waals surface area (Å²) >= 11 is 0. The number of likely N-dealkylation sites (tertiary alicyclic amines) is 1. The SMILES string of the molecule is CC(C)(C)OC(=O)N1CCCC(c2ccc(OCc3ccccc3)c(C(=O)O)c2)C1. The zero-order valence-corrected chi connectivity index (χ0v) is 17.8. The fraction of sp³-hybridized carbons (Fsp3) is 0.417. The molecule has 1 N–H and O–H groups in total. The van der Waals surface area contributed by atoms with Gasteiger partial charge in [-0.25, -0.2) is 9.59 Å². The normalized spacial score (nSPS) is 16.8. The van der Waals surface area contributed by atoms with Crippen molar-refractivity contribution in [1.82, 2.24) is 4.90 Å². The molecule has 1 unspecified atom stereocenters. The van der Waals surface area contributed by atoms with Crippen LogP contribution in [0.4, 0.5) is 4.79 Å². The molecule has 0 spiro atoms. The average Bonchev–Trinajstić information content (AvgIpc) is 2.71. The minimum atomic E-state index is -1.03. The molecule has 2 aromatic rings. The topological polar surface area (TPSA) is 76.1 Å². The number of hydrogen-bond donors (Lipinski definition) is 1. The Morgan fingerprint density at radius 3 is 2.53 bits per heavy atom. The van der Waals surface area contributed by atoms with E-state index in [0.717, 1.165) is 24.0 Å². The van der Waals surface area contributed by atoms with Gasteiger partial charge in [0, 0.05) is 19.0 Å². The third kappa shape index (κ3) is 5.75. The van der Waals surface area contributed by atoms with Gasteiger partial charge in [-0.2, -0.15) is 0 Å². The number of carboxylic acid groups (broad SMARTS) is 1. The van der Waals surface area contributed by atoms with Gasteiger partial charge in [0.1, 0.15) is 23.5 Å². The number of ether oxygens (including phenoxy) is 2. The van der Waals surface area contributed by atoms with Crippen LogP contribution in [0.2, 0.25) is 0 Å². The second kappa shape index (κ2) is 9.20. The summed E-state index contributed by atoms with van der Waals surface area (Å²) in [5.74, 6) is -0.623. The van der Waals surface area contributed by atoms with Crippen molar-refractivity contribution in [2.24, 2.45) is 0 Å². The zero-order valence-electron chi connectivity index (χ0n) is 17.8. The fourth-order valence-corrected chi connectivity index (χ4v) is 3.57. The largest absolute Gasteiger partial charge is 0.488 e. The van der Waals surface area contributed by atoms with Gasteiger partial charge in [-0.15, -0.1) is 0 Å². The summed E-state index contributed by atoms with van der Waals surface area (Å²) in [6.45, 7) is 7.00. The fourth-order valence-electron chi connectivity index (χ4n) is 3.57. The second-order valence-corrected chi connectivity index (χ2v) is 8.60. The third-order valence-electron chi connectivity index (χ3n) is 5.02. The monoisotopic (exact) mass is 411 g/mol. The van der Waals surface area contributed by atoms with Gasteiger partial charge in [-0.3, -0.25) is 0 Å². The van der Waals surface area contributed by atoms with Crippen LogP contribution in [-0.4, -0.2) is 40.8 Å². The van der Waals surface area contributed by atoms with Crippen LogP contribution in [0.1, 0.15) is 61.0 Å². The Balaban J connectivity index is 1.73. The first kappa shape index (κ1) is 21.7. The Morgan fingerprint density at radius 2 is 1.87 bits per heavy atom. The molecule has 6 heteroatoms. The van der Waals surface area contributed by atoms with Gasteiger partial charge in [0.05, 0.1) is 0 Å². The Bertz CT molecular complexity index is 888. The van der Waals surface area contributed by atoms with Gasteiger partial charge in [0.15, 0.2) is 0 Å². The van der Waals surface area contributed by atoms with Crippen molar-refractivity contribution in [2.75, 3.05) is 13.1 Å². The van der Waals surface area contributed by atoms with E-state index in [1.807, 2.05) is 57.2 Å². The summed E-state index contributed by atoms with van der Waals surface area (Å²) in [4.78, 5) is 26.0. The number of amides is 1. The van der Waals surface area contributed by atoms with Crippen molar-refractivity contribution < 1.29 is 24.2 Å². The first-order valence-corrected chi connectivity index (χ1v) is 10.2. The molecule has 3 rings (SSSR count). The van der Waals surface area contributed by atoms with Crippen LogP contribution in [-0.2, 0) is 11.3 Å². The maximum absolute atomic E-state index is 12.4. The van der Waals surface area contributed by atoms with Crippen molar-refractivity contribution in [3.8, 4) is 5.75 Å². The summed E-state index contributed by atoms with van der Waals surface area (Å²) in [6.07, 6.45) is 1.41. The molecule has 0 aromatic heterocycles. The molecule has 1 aliphatic rings. The van der Waals surface area contributed by atoms with Crippen LogP contribution < -0.4 is 4.74 Å². The van der Waals surface area contributed by atoms with Gasteiger partial charge >= 0.3 is 12.1 Å². The molecular weight excluding hydrogens is 382 g/mol. The van der Waals surface area contributed by atoms with Gasteiger partial charge in [0.25, 0.3) is 0 Å². The van der Waals surface area contributed by atoms with Crippen molar-refractivity contribution in [2.45, 2.75) is 51.7 Å². The quantitative estimate of drug-likeness (QED) is 0.743. The number of rotatable bonds is 5. The first-order valence-electron chi connectivity index (χ1n) is 10.2. The van der Waals surface area contributed by atoms with Crippen molar-refractivity contribution in [1.29, 1.82) is 0 Å². The molecular formula is C24H29NO5. The molecule has 0 aliphatic carbocycles. The van der Waals surface area contributed by atoms with Crippen LogP contribution in [0.25, 0.3) is 0 Å². The lowest BCUT2D eigenvalue weighted by Gasteiger charge is -2.34. The first-order chi connectivity index (χ1) is 14.2. The minimum Gasteiger partial charge on any atom is -0.488 e. The number of piperidine rings is 1. The van der Waals surface area contributed by atoms with E-state index >= 15 is 0 Å². The molecule has 2 aromatic carbocycles. The number of aromatic carboxylic acids is 1. The number of carbonyl (C=O) groups excluding carboxylic acids is 1. The molecule has 1 aliphatic heterocycles. The molecule has 1 atom stereocenters. The van der Waals surface area contributed by atoms with Gasteiger partial charge in [-0.05, 0) is 56.9 Å². The second-order valence-electron chi connectivity index (χ2n) is 8.60. The predicted octanol–water partition coefficient (Wildman–Crippen LogP) is 5.08. The third-order valence-corrected chi connectivity index (χ3v) is 5.02. The predicted molar refractivity (Wildman–Crippen MR) is 114 cm³/mol. The summed E-state index contributed by atoms with van der Waals surface area (Å²) in [6, 6.07) is 14.9. The Morgan fingerprint density at radius 1 is 1.13 bits per heavy atom. The standard InChI is InChI=1S/C24H29NO5/c1-24(2,3)30-23(28)25-13-7-10-19(15-25)18-11-12-21(20(14-18)22(26)27)29-16-17-8-5-4-6-9-17/h4-6,8-9,11-12,14,19H,7,10,13,15-16H2,1-3H3,(H,26,27). The Kier molecular flexibility index (Phi) is 6.65. The minimum absolute atomic E-state index is 0.0625. The van der Waals surface area contributed by atoms with E-state index in [1.54, 1.807) is 17.0 Å². The molecule has 1 heterocycles. The van der Waals surface area contributed by atoms with Crippen molar-refractivity contribution >= 4 is 12.1 Å². The zero-order chi connectivity index (χ0) is 21.7. The van der Waals surface area contributed by atoms with Gasteiger partial charge < -0.3 is 19.5 Å². The van der Waals surface area contributed by atoms with Crippen LogP contribution in [0.5, 0.6) is 5.75 Å². The van der Waals surface area contributed by atoms with Crippen LogP contribution in [0, 0.1) is 0 Å². The van der Waals surface area contributed by atoms with E-state index in [-0.39, 0.29) is 17.6 Å². The van der Waals surface area contributed by atoms with Crippen LogP contribution >= 0.6 is 0 Å². The molecule has 0 saturated carbocycles. The van der Waals surface area contributed by atoms with Crippen molar-refractivity contribution in [3.63, 3.8) is 0 Å². The highest BCUT2D eigenvalue weighted by atomic mass is 16.6. The van der Waals surface area contributed by atoms with Crippen LogP contribution in [0.3, 0.4) is 0 Å². The lowest BCUT2D eigenvalue weighted by molar-refractivity contribution is 0.0198. The van der Waals surface area contributed by atoms with Crippen LogP contribution in [0.15, 0.2) is 48.5 Å².